The van der Waals surface area contributed by atoms with Gasteiger partial charge in [-0.15, -0.1) is 0 Å². The number of aryl methyl sites for hydroxylation is 1. The number of rotatable bonds is 6. The number of fused-ring (bicyclic) bond motifs is 3. The Bertz CT molecular complexity index is 1240. The van der Waals surface area contributed by atoms with Gasteiger partial charge in [-0.2, -0.15) is 0 Å². The number of benzene rings is 1. The van der Waals surface area contributed by atoms with Gasteiger partial charge in [0.25, 0.3) is 5.91 Å². The van der Waals surface area contributed by atoms with Gasteiger partial charge in [0.05, 0.1) is 5.41 Å². The average molecular weight is 462 g/mol. The molecule has 0 aliphatic carbocycles. The zero-order valence-corrected chi connectivity index (χ0v) is 20.0. The summed E-state index contributed by atoms with van der Waals surface area (Å²) in [5.41, 5.74) is 2.79. The molecule has 0 atom stereocenters. The highest BCUT2D eigenvalue weighted by molar-refractivity contribution is 6.06. The molecule has 0 saturated carbocycles. The maximum atomic E-state index is 12.9. The first-order valence-electron chi connectivity index (χ1n) is 12.1. The van der Waals surface area contributed by atoms with Crippen molar-refractivity contribution >= 4 is 34.5 Å². The number of hydrogen-bond acceptors (Lipinski definition) is 6. The van der Waals surface area contributed by atoms with Crippen molar-refractivity contribution in [2.45, 2.75) is 52.0 Å². The van der Waals surface area contributed by atoms with Gasteiger partial charge in [0, 0.05) is 31.9 Å². The number of nitrogens with one attached hydrogen (secondary N) is 2. The fraction of sp³-hybridized carbons (Fsp3) is 0.480. The Balaban J connectivity index is 1.41. The van der Waals surface area contributed by atoms with E-state index in [0.717, 1.165) is 23.5 Å². The Kier molecular flexibility index (Phi) is 5.71. The summed E-state index contributed by atoms with van der Waals surface area (Å²) in [4.78, 5) is 41.7. The van der Waals surface area contributed by atoms with Crippen LogP contribution in [0, 0.1) is 5.92 Å². The fourth-order valence-corrected chi connectivity index (χ4v) is 5.15. The standard InChI is InChI=1S/C25H31N7O2/c1-4-32-21-19(30-22(32)23(33)26-12-9-16(2)3)20(27-15-28-21)31-13-10-25(11-14-31)17-7-5-6-8-18(17)29-24(25)34/h5-8,15-16H,4,9-14H2,1-3H3,(H,26,33)(H,29,34). The lowest BCUT2D eigenvalue weighted by molar-refractivity contribution is -0.121. The van der Waals surface area contributed by atoms with Crippen molar-refractivity contribution in [1.29, 1.82) is 0 Å². The summed E-state index contributed by atoms with van der Waals surface area (Å²) in [6.07, 6.45) is 3.83. The molecule has 2 aliphatic heterocycles. The minimum Gasteiger partial charge on any atom is -0.355 e. The van der Waals surface area contributed by atoms with Gasteiger partial charge >= 0.3 is 0 Å². The molecule has 9 heteroatoms. The van der Waals surface area contributed by atoms with E-state index < -0.39 is 5.41 Å². The van der Waals surface area contributed by atoms with E-state index in [9.17, 15) is 9.59 Å². The predicted molar refractivity (Wildman–Crippen MR) is 131 cm³/mol. The zero-order valence-electron chi connectivity index (χ0n) is 20.0. The quantitative estimate of drug-likeness (QED) is 0.584. The largest absolute Gasteiger partial charge is 0.355 e. The van der Waals surface area contributed by atoms with Crippen LogP contribution in [0.4, 0.5) is 11.5 Å². The Hall–Kier alpha value is -3.49. The molecule has 0 radical (unpaired) electrons. The highest BCUT2D eigenvalue weighted by Crippen LogP contribution is 2.45. The first-order chi connectivity index (χ1) is 16.4. The molecule has 1 spiro atoms. The molecule has 2 aromatic heterocycles. The van der Waals surface area contributed by atoms with Gasteiger partial charge in [-0.25, -0.2) is 15.0 Å². The number of nitrogens with zero attached hydrogens (tertiary/aromatic N) is 5. The Morgan fingerprint density at radius 1 is 1.21 bits per heavy atom. The van der Waals surface area contributed by atoms with Crippen LogP contribution in [0.15, 0.2) is 30.6 Å². The molecule has 1 saturated heterocycles. The van der Waals surface area contributed by atoms with Crippen molar-refractivity contribution in [2.75, 3.05) is 29.9 Å². The van der Waals surface area contributed by atoms with Gasteiger partial charge < -0.3 is 20.1 Å². The van der Waals surface area contributed by atoms with Gasteiger partial charge in [-0.3, -0.25) is 9.59 Å². The van der Waals surface area contributed by atoms with Crippen molar-refractivity contribution in [3.63, 3.8) is 0 Å². The second-order valence-corrected chi connectivity index (χ2v) is 9.56. The van der Waals surface area contributed by atoms with Gasteiger partial charge in [-0.1, -0.05) is 32.0 Å². The summed E-state index contributed by atoms with van der Waals surface area (Å²) >= 11 is 0. The normalized spacial score (nSPS) is 16.8. The Morgan fingerprint density at radius 3 is 2.71 bits per heavy atom. The van der Waals surface area contributed by atoms with E-state index in [1.165, 1.54) is 6.33 Å². The molecule has 2 N–H and O–H groups in total. The number of imidazole rings is 1. The number of carbonyl (C=O) groups is 2. The van der Waals surface area contributed by atoms with Crippen LogP contribution in [0.3, 0.4) is 0 Å². The smallest absolute Gasteiger partial charge is 0.287 e. The number of para-hydroxylation sites is 1. The maximum Gasteiger partial charge on any atom is 0.287 e. The van der Waals surface area contributed by atoms with E-state index in [4.69, 9.17) is 4.98 Å². The van der Waals surface area contributed by atoms with Gasteiger partial charge in [-0.05, 0) is 43.7 Å². The van der Waals surface area contributed by atoms with Crippen LogP contribution in [0.25, 0.3) is 11.2 Å². The van der Waals surface area contributed by atoms with Crippen molar-refractivity contribution in [1.82, 2.24) is 24.8 Å². The SMILES string of the molecule is CCn1c(C(=O)NCCC(C)C)nc2c(N3CCC4(CC3)C(=O)Nc3ccccc34)ncnc21. The lowest BCUT2D eigenvalue weighted by Gasteiger charge is -2.38. The minimum atomic E-state index is -0.497. The number of hydrogen-bond donors (Lipinski definition) is 2. The van der Waals surface area contributed by atoms with Crippen LogP contribution >= 0.6 is 0 Å². The molecule has 1 aromatic carbocycles. The second kappa shape index (κ2) is 8.70. The Morgan fingerprint density at radius 2 is 1.97 bits per heavy atom. The van der Waals surface area contributed by atoms with E-state index in [0.29, 0.717) is 61.9 Å². The van der Waals surface area contributed by atoms with Gasteiger partial charge in [0.15, 0.2) is 17.0 Å². The number of carbonyl (C=O) groups excluding carboxylic acids is 2. The first-order valence-corrected chi connectivity index (χ1v) is 12.1. The van der Waals surface area contributed by atoms with Gasteiger partial charge in [0.1, 0.15) is 6.33 Å². The summed E-state index contributed by atoms with van der Waals surface area (Å²) in [6, 6.07) is 7.96. The third kappa shape index (κ3) is 3.59. The van der Waals surface area contributed by atoms with E-state index >= 15 is 0 Å². The van der Waals surface area contributed by atoms with E-state index in [-0.39, 0.29) is 11.8 Å². The maximum absolute atomic E-state index is 12.9. The summed E-state index contributed by atoms with van der Waals surface area (Å²) < 4.78 is 1.84. The highest BCUT2D eigenvalue weighted by atomic mass is 16.2. The first kappa shape index (κ1) is 22.3. The summed E-state index contributed by atoms with van der Waals surface area (Å²) in [5.74, 6) is 1.48. The molecule has 178 valence electrons. The van der Waals surface area contributed by atoms with Crippen molar-refractivity contribution < 1.29 is 9.59 Å². The van der Waals surface area contributed by atoms with Crippen LogP contribution < -0.4 is 15.5 Å². The molecule has 5 rings (SSSR count). The third-order valence-corrected chi connectivity index (χ3v) is 7.08. The average Bonchev–Trinajstić information content (AvgIpc) is 3.35. The van der Waals surface area contributed by atoms with Crippen molar-refractivity contribution in [3.8, 4) is 0 Å². The molecule has 0 unspecified atom stereocenters. The molecule has 3 aromatic rings. The van der Waals surface area contributed by atoms with Crippen molar-refractivity contribution in [2.24, 2.45) is 5.92 Å². The molecule has 34 heavy (non-hydrogen) atoms. The molecular weight excluding hydrogens is 430 g/mol. The van der Waals surface area contributed by atoms with Crippen LogP contribution in [0.5, 0.6) is 0 Å². The second-order valence-electron chi connectivity index (χ2n) is 9.56. The minimum absolute atomic E-state index is 0.0804. The summed E-state index contributed by atoms with van der Waals surface area (Å²) in [7, 11) is 0. The molecule has 4 heterocycles. The van der Waals surface area contributed by atoms with Crippen LogP contribution in [0.2, 0.25) is 0 Å². The van der Waals surface area contributed by atoms with E-state index in [1.807, 2.05) is 29.7 Å². The number of amides is 2. The van der Waals surface area contributed by atoms with Crippen LogP contribution in [-0.2, 0) is 16.8 Å². The van der Waals surface area contributed by atoms with Crippen LogP contribution in [0.1, 0.15) is 56.2 Å². The number of anilines is 2. The molecule has 2 aliphatic rings. The third-order valence-electron chi connectivity index (χ3n) is 7.08. The molecule has 0 bridgehead atoms. The zero-order chi connectivity index (χ0) is 23.9. The van der Waals surface area contributed by atoms with Gasteiger partial charge in [0.2, 0.25) is 11.7 Å². The topological polar surface area (TPSA) is 105 Å². The number of piperidine rings is 1. The lowest BCUT2D eigenvalue weighted by Crippen LogP contribution is -2.46. The molecule has 1 fully saturated rings. The monoisotopic (exact) mass is 461 g/mol. The Labute approximate surface area is 199 Å². The number of aromatic nitrogens is 4. The van der Waals surface area contributed by atoms with E-state index in [1.54, 1.807) is 0 Å². The predicted octanol–water partition coefficient (Wildman–Crippen LogP) is 3.11. The molecule has 9 nitrogen and oxygen atoms in total. The molecule has 2 amide bonds. The van der Waals surface area contributed by atoms with Crippen LogP contribution in [-0.4, -0.2) is 51.0 Å². The molecular formula is C25H31N7O2. The summed E-state index contributed by atoms with van der Waals surface area (Å²) in [6.45, 7) is 8.78. The summed E-state index contributed by atoms with van der Waals surface area (Å²) in [5, 5.41) is 6.04. The highest BCUT2D eigenvalue weighted by Gasteiger charge is 2.48. The lowest BCUT2D eigenvalue weighted by atomic mass is 9.73. The fourth-order valence-electron chi connectivity index (χ4n) is 5.15. The van der Waals surface area contributed by atoms with Crippen molar-refractivity contribution in [3.05, 3.63) is 42.0 Å². The van der Waals surface area contributed by atoms with E-state index in [2.05, 4.69) is 45.4 Å².